The largest absolute Gasteiger partial charge is 0.508 e. The van der Waals surface area contributed by atoms with E-state index in [1.807, 2.05) is 12.1 Å². The summed E-state index contributed by atoms with van der Waals surface area (Å²) in [6.07, 6.45) is 0.875. The molecule has 0 fully saturated rings. The van der Waals surface area contributed by atoms with Gasteiger partial charge in [-0.25, -0.2) is 0 Å². The van der Waals surface area contributed by atoms with Gasteiger partial charge in [0.25, 0.3) is 0 Å². The topological polar surface area (TPSA) is 46.2 Å². The predicted octanol–water partition coefficient (Wildman–Crippen LogP) is 0.891. The number of benzene rings is 1. The Morgan fingerprint density at radius 1 is 1.18 bits per heavy atom. The molecule has 0 unspecified atom stereocenters. The van der Waals surface area contributed by atoms with Crippen LogP contribution in [0.2, 0.25) is 0 Å². The monoisotopic (exact) mass is 334 g/mol. The molecule has 0 amide bonds. The van der Waals surface area contributed by atoms with Gasteiger partial charge in [-0.1, -0.05) is 12.1 Å². The zero-order chi connectivity index (χ0) is 7.40. The minimum atomic E-state index is 0. The first-order valence-electron chi connectivity index (χ1n) is 3.31. The molecule has 0 heterocycles. The number of nitrogens with two attached hydrogens (primary N) is 1. The van der Waals surface area contributed by atoms with E-state index >= 15 is 0 Å². The van der Waals surface area contributed by atoms with Crippen LogP contribution in [-0.4, -0.2) is 11.7 Å². The van der Waals surface area contributed by atoms with Crippen molar-refractivity contribution in [3.63, 3.8) is 0 Å². The SMILES string of the molecule is NCCc1ccc(O)cc1.[Au]. The summed E-state index contributed by atoms with van der Waals surface area (Å²) in [5.74, 6) is 0.306. The summed E-state index contributed by atoms with van der Waals surface area (Å²) in [4.78, 5) is 0. The van der Waals surface area contributed by atoms with Gasteiger partial charge in [0, 0.05) is 22.4 Å². The fraction of sp³-hybridized carbons (Fsp3) is 0.250. The van der Waals surface area contributed by atoms with Crippen molar-refractivity contribution < 1.29 is 27.5 Å². The summed E-state index contributed by atoms with van der Waals surface area (Å²) in [7, 11) is 0. The minimum Gasteiger partial charge on any atom is -0.508 e. The van der Waals surface area contributed by atoms with Crippen molar-refractivity contribution in [2.75, 3.05) is 6.54 Å². The smallest absolute Gasteiger partial charge is 0.115 e. The van der Waals surface area contributed by atoms with Gasteiger partial charge in [0.15, 0.2) is 0 Å². The van der Waals surface area contributed by atoms with Crippen LogP contribution in [0.3, 0.4) is 0 Å². The first kappa shape index (κ1) is 10.7. The van der Waals surface area contributed by atoms with Crippen LogP contribution in [0.5, 0.6) is 5.75 Å². The fourth-order valence-corrected chi connectivity index (χ4v) is 0.829. The minimum absolute atomic E-state index is 0. The molecule has 0 aromatic heterocycles. The van der Waals surface area contributed by atoms with E-state index in [1.165, 1.54) is 5.56 Å². The van der Waals surface area contributed by atoms with E-state index in [4.69, 9.17) is 10.8 Å². The van der Waals surface area contributed by atoms with Gasteiger partial charge in [-0.05, 0) is 30.7 Å². The molecule has 3 heteroatoms. The molecule has 3 N–H and O–H groups in total. The van der Waals surface area contributed by atoms with Gasteiger partial charge < -0.3 is 10.8 Å². The summed E-state index contributed by atoms with van der Waals surface area (Å²) in [6.45, 7) is 0.658. The molecule has 0 aliphatic rings. The zero-order valence-corrected chi connectivity index (χ0v) is 8.22. The molecule has 1 aromatic carbocycles. The molecular weight excluding hydrogens is 323 g/mol. The van der Waals surface area contributed by atoms with Crippen molar-refractivity contribution in [1.82, 2.24) is 0 Å². The van der Waals surface area contributed by atoms with Crippen LogP contribution in [-0.2, 0) is 28.8 Å². The molecule has 1 aromatic rings. The van der Waals surface area contributed by atoms with E-state index in [2.05, 4.69) is 0 Å². The predicted molar refractivity (Wildman–Crippen MR) is 40.9 cm³/mol. The standard InChI is InChI=1S/C8H11NO.Au/c9-6-5-7-1-3-8(10)4-2-7;/h1-4,10H,5-6,9H2;. The molecule has 0 atom stereocenters. The van der Waals surface area contributed by atoms with Gasteiger partial charge >= 0.3 is 0 Å². The number of aromatic hydroxyl groups is 1. The maximum absolute atomic E-state index is 8.89. The number of phenolic OH excluding ortho intramolecular Hbond substituents is 1. The Morgan fingerprint density at radius 2 is 1.73 bits per heavy atom. The van der Waals surface area contributed by atoms with Gasteiger partial charge in [-0.15, -0.1) is 0 Å². The van der Waals surface area contributed by atoms with Crippen LogP contribution in [0.15, 0.2) is 24.3 Å². The average molecular weight is 334 g/mol. The Balaban J connectivity index is 0.000001000. The van der Waals surface area contributed by atoms with Crippen molar-refractivity contribution in [1.29, 1.82) is 0 Å². The molecule has 1 rings (SSSR count). The maximum Gasteiger partial charge on any atom is 0.115 e. The molecule has 65 valence electrons. The van der Waals surface area contributed by atoms with Gasteiger partial charge in [0.2, 0.25) is 0 Å². The fourth-order valence-electron chi connectivity index (χ4n) is 0.829. The Hall–Kier alpha value is -0.280. The van der Waals surface area contributed by atoms with Crippen molar-refractivity contribution in [2.45, 2.75) is 6.42 Å². The van der Waals surface area contributed by atoms with E-state index in [0.29, 0.717) is 12.3 Å². The second-order valence-corrected chi connectivity index (χ2v) is 2.21. The molecule has 0 spiro atoms. The van der Waals surface area contributed by atoms with E-state index in [9.17, 15) is 0 Å². The first-order chi connectivity index (χ1) is 4.83. The van der Waals surface area contributed by atoms with Crippen LogP contribution in [0.4, 0.5) is 0 Å². The molecule has 0 bridgehead atoms. The Labute approximate surface area is 81.9 Å². The third kappa shape index (κ3) is 3.58. The summed E-state index contributed by atoms with van der Waals surface area (Å²) in [5, 5.41) is 8.89. The molecule has 0 aliphatic carbocycles. The van der Waals surface area contributed by atoms with Crippen molar-refractivity contribution in [3.8, 4) is 5.75 Å². The Bertz CT molecular complexity index is 198. The Morgan fingerprint density at radius 3 is 2.18 bits per heavy atom. The first-order valence-corrected chi connectivity index (χ1v) is 3.31. The third-order valence-electron chi connectivity index (χ3n) is 1.37. The summed E-state index contributed by atoms with van der Waals surface area (Å²) in [6, 6.07) is 7.10. The molecular formula is C8H11AuNO. The summed E-state index contributed by atoms with van der Waals surface area (Å²) in [5.41, 5.74) is 6.50. The second-order valence-electron chi connectivity index (χ2n) is 2.21. The summed E-state index contributed by atoms with van der Waals surface area (Å²) < 4.78 is 0. The quantitative estimate of drug-likeness (QED) is 0.790. The van der Waals surface area contributed by atoms with Crippen molar-refractivity contribution in [2.24, 2.45) is 5.73 Å². The van der Waals surface area contributed by atoms with Crippen LogP contribution >= 0.6 is 0 Å². The van der Waals surface area contributed by atoms with E-state index in [1.54, 1.807) is 12.1 Å². The summed E-state index contributed by atoms with van der Waals surface area (Å²) >= 11 is 0. The van der Waals surface area contributed by atoms with Crippen molar-refractivity contribution in [3.05, 3.63) is 29.8 Å². The number of phenols is 1. The van der Waals surface area contributed by atoms with E-state index in [-0.39, 0.29) is 22.4 Å². The van der Waals surface area contributed by atoms with Crippen molar-refractivity contribution >= 4 is 0 Å². The van der Waals surface area contributed by atoms with Gasteiger partial charge in [-0.2, -0.15) is 0 Å². The number of hydrogen-bond acceptors (Lipinski definition) is 2. The molecule has 0 saturated carbocycles. The van der Waals surface area contributed by atoms with Crippen LogP contribution in [0.25, 0.3) is 0 Å². The number of hydrogen-bond donors (Lipinski definition) is 2. The third-order valence-corrected chi connectivity index (χ3v) is 1.37. The van der Waals surface area contributed by atoms with Gasteiger partial charge in [-0.3, -0.25) is 0 Å². The van der Waals surface area contributed by atoms with E-state index in [0.717, 1.165) is 6.42 Å². The van der Waals surface area contributed by atoms with E-state index < -0.39 is 0 Å². The molecule has 0 saturated heterocycles. The normalized spacial score (nSPS) is 8.82. The van der Waals surface area contributed by atoms with Gasteiger partial charge in [0.05, 0.1) is 0 Å². The zero-order valence-electron chi connectivity index (χ0n) is 6.05. The molecule has 2 nitrogen and oxygen atoms in total. The maximum atomic E-state index is 8.89. The molecule has 0 aliphatic heterocycles. The average Bonchev–Trinajstić information content (AvgIpc) is 1.95. The van der Waals surface area contributed by atoms with Crippen LogP contribution < -0.4 is 5.73 Å². The molecule has 11 heavy (non-hydrogen) atoms. The van der Waals surface area contributed by atoms with Crippen LogP contribution in [0.1, 0.15) is 5.56 Å². The van der Waals surface area contributed by atoms with Crippen LogP contribution in [0, 0.1) is 0 Å². The van der Waals surface area contributed by atoms with Gasteiger partial charge in [0.1, 0.15) is 5.75 Å². The Kier molecular flexibility index (Phi) is 5.24. The number of rotatable bonds is 2. The second kappa shape index (κ2) is 5.38. The molecule has 1 radical (unpaired) electrons.